The molecule has 0 saturated heterocycles. The number of hydrogen-bond donors (Lipinski definition) is 6. The summed E-state index contributed by atoms with van der Waals surface area (Å²) in [5, 5.41) is 9.32. The van der Waals surface area contributed by atoms with Crippen molar-refractivity contribution in [1.82, 2.24) is 50.6 Å². The van der Waals surface area contributed by atoms with Crippen LogP contribution in [0.2, 0.25) is 0 Å². The van der Waals surface area contributed by atoms with Crippen LogP contribution in [0.25, 0.3) is 78.6 Å². The highest BCUT2D eigenvalue weighted by Crippen LogP contribution is 2.37. The van der Waals surface area contributed by atoms with Crippen LogP contribution in [0.4, 0.5) is 0 Å². The first-order chi connectivity index (χ1) is 65.3. The number of aromatic amines is 3. The number of benzene rings is 9. The first-order valence-corrected chi connectivity index (χ1v) is 45.2. The molecular formula is C109H110N10O15. The van der Waals surface area contributed by atoms with Crippen LogP contribution in [0.5, 0.6) is 0 Å². The third-order valence-electron chi connectivity index (χ3n) is 23.5. The number of carbonyl (C=O) groups is 9. The van der Waals surface area contributed by atoms with E-state index in [4.69, 9.17) is 33.4 Å². The first-order valence-electron chi connectivity index (χ1n) is 45.2. The molecule has 6 N–H and O–H groups in total. The van der Waals surface area contributed by atoms with E-state index in [-0.39, 0.29) is 173 Å². The van der Waals surface area contributed by atoms with Crippen LogP contribution in [0.15, 0.2) is 291 Å². The second kappa shape index (κ2) is 48.1. The van der Waals surface area contributed by atoms with Gasteiger partial charge in [-0.3, -0.25) is 57.9 Å². The number of aromatic nitrogens is 4. The van der Waals surface area contributed by atoms with Gasteiger partial charge in [0.2, 0.25) is 0 Å². The zero-order valence-corrected chi connectivity index (χ0v) is 75.4. The summed E-state index contributed by atoms with van der Waals surface area (Å²) in [4.78, 5) is 145. The Morgan fingerprint density at radius 1 is 0.261 bits per heavy atom. The molecule has 4 aromatic heterocycles. The van der Waals surface area contributed by atoms with E-state index < -0.39 is 35.8 Å². The summed E-state index contributed by atoms with van der Waals surface area (Å²) in [6, 6.07) is 89.4. The minimum atomic E-state index is -0.405. The second-order valence-corrected chi connectivity index (χ2v) is 33.1. The fraction of sp³-hybridized carbons (Fsp3) is 0.248. The van der Waals surface area contributed by atoms with Gasteiger partial charge in [0.25, 0.3) is 17.7 Å². The summed E-state index contributed by atoms with van der Waals surface area (Å²) in [6.45, 7) is 8.58. The minimum Gasteiger partial charge on any atom is -0.461 e. The van der Waals surface area contributed by atoms with Crippen molar-refractivity contribution in [3.8, 4) is 33.4 Å². The number of fused-ring (bicyclic) bond motifs is 9. The number of amides is 3. The third kappa shape index (κ3) is 27.7. The Kier molecular flexibility index (Phi) is 34.1. The summed E-state index contributed by atoms with van der Waals surface area (Å²) < 4.78 is 33.8. The summed E-state index contributed by atoms with van der Waals surface area (Å²) in [7, 11) is 0. The van der Waals surface area contributed by atoms with Crippen molar-refractivity contribution < 1.29 is 71.6 Å². The standard InChI is InChI=1S/C109H110N10O15/c1-75(117(60-54-98(120)129-69-78-22-10-4-11-23-78)61-55-99(121)130-70-79-24-12-5-13-25-79)66-110-107(126)87-40-34-84(35-41-87)104-92-48-46-90(113-92)91-47-49-93(114-91)105(85-36-42-88(43-37-85)108(127)111-67-76(2)118(62-56-100(122)131-71-80-26-14-6-15-27-80)63-57-101(123)132-72-81-28-16-7-17-29-81)95-51-53-97(116-95)106(96-52-50-94(104)115-96)86-38-44-89(45-39-86)109(128)112-68-77(3)119(64-58-102(124)133-73-82-30-18-8-19-31-82)65-59-103(125)134-74-83-32-20-9-21-33-83/h4-53,75-77,113,115-116H,54-74H2,1-3H3,(H,110,126)(H,111,127)(H,112,128). The number of rotatable bonds is 45. The van der Waals surface area contributed by atoms with Gasteiger partial charge in [0.1, 0.15) is 39.6 Å². The van der Waals surface area contributed by atoms with Crippen molar-refractivity contribution in [2.45, 2.75) is 117 Å². The smallest absolute Gasteiger partial charge is 0.307 e. The van der Waals surface area contributed by atoms with Crippen molar-refractivity contribution in [3.05, 3.63) is 353 Å². The number of carbonyl (C=O) groups excluding carboxylic acids is 9. The number of hydrogen-bond acceptors (Lipinski definition) is 19. The van der Waals surface area contributed by atoms with Gasteiger partial charge in [-0.05, 0) is 156 Å². The Hall–Kier alpha value is -15.2. The second-order valence-electron chi connectivity index (χ2n) is 33.1. The maximum atomic E-state index is 14.5. The van der Waals surface area contributed by atoms with Crippen LogP contribution < -0.4 is 16.0 Å². The molecule has 0 fully saturated rings. The zero-order valence-electron chi connectivity index (χ0n) is 75.4. The summed E-state index contributed by atoms with van der Waals surface area (Å²) in [5.41, 5.74) is 16.2. The molecule has 0 radical (unpaired) electrons. The molecule has 3 unspecified atom stereocenters. The molecule has 13 aromatic rings. The van der Waals surface area contributed by atoms with Crippen LogP contribution in [-0.2, 0) is 96.8 Å². The lowest BCUT2D eigenvalue weighted by molar-refractivity contribution is -0.147. The molecule has 14 rings (SSSR count). The number of esters is 6. The van der Waals surface area contributed by atoms with Crippen molar-refractivity contribution in [1.29, 1.82) is 0 Å². The molecule has 5 heterocycles. The number of nitrogens with zero attached hydrogens (tertiary/aromatic N) is 4. The molecule has 0 saturated carbocycles. The van der Waals surface area contributed by atoms with E-state index >= 15 is 0 Å². The van der Waals surface area contributed by atoms with Crippen molar-refractivity contribution >= 4 is 98.8 Å². The Morgan fingerprint density at radius 2 is 0.470 bits per heavy atom. The molecule has 0 aliphatic carbocycles. The number of H-pyrrole nitrogens is 3. The molecule has 3 atom stereocenters. The molecule has 1 aliphatic heterocycles. The topological polar surface area (TPSA) is 315 Å². The van der Waals surface area contributed by atoms with Gasteiger partial charge in [-0.1, -0.05) is 218 Å². The van der Waals surface area contributed by atoms with Crippen molar-refractivity contribution in [3.63, 3.8) is 0 Å². The van der Waals surface area contributed by atoms with Gasteiger partial charge in [0.05, 0.1) is 55.4 Å². The fourth-order valence-corrected chi connectivity index (χ4v) is 15.8. The van der Waals surface area contributed by atoms with Crippen LogP contribution >= 0.6 is 0 Å². The predicted octanol–water partition coefficient (Wildman–Crippen LogP) is 17.8. The highest BCUT2D eigenvalue weighted by Gasteiger charge is 2.26. The van der Waals surface area contributed by atoms with Crippen molar-refractivity contribution in [2.75, 3.05) is 58.9 Å². The van der Waals surface area contributed by atoms with E-state index in [9.17, 15) is 43.2 Å². The molecule has 1 aliphatic rings. The fourth-order valence-electron chi connectivity index (χ4n) is 15.8. The molecular weight excluding hydrogens is 1690 g/mol. The highest BCUT2D eigenvalue weighted by atomic mass is 16.6. The lowest BCUT2D eigenvalue weighted by Gasteiger charge is -2.28. The first kappa shape index (κ1) is 94.9. The molecule has 9 aromatic carbocycles. The average molecular weight is 1800 g/mol. The van der Waals surface area contributed by atoms with E-state index in [0.29, 0.717) is 55.7 Å². The maximum Gasteiger partial charge on any atom is 0.307 e. The predicted molar refractivity (Wildman–Crippen MR) is 517 cm³/mol. The van der Waals surface area contributed by atoms with Gasteiger partial charge in [0, 0.05) is 138 Å². The van der Waals surface area contributed by atoms with Gasteiger partial charge in [0.15, 0.2) is 0 Å². The third-order valence-corrected chi connectivity index (χ3v) is 23.5. The van der Waals surface area contributed by atoms with Crippen LogP contribution in [0, 0.1) is 0 Å². The molecule has 3 amide bonds. The monoisotopic (exact) mass is 1800 g/mol. The molecule has 134 heavy (non-hydrogen) atoms. The van der Waals surface area contributed by atoms with E-state index in [2.05, 4.69) is 30.9 Å². The maximum absolute atomic E-state index is 14.5. The molecule has 25 nitrogen and oxygen atoms in total. The van der Waals surface area contributed by atoms with Crippen LogP contribution in [0.3, 0.4) is 0 Å². The largest absolute Gasteiger partial charge is 0.461 e. The molecule has 8 bridgehead atoms. The van der Waals surface area contributed by atoms with E-state index in [1.165, 1.54) is 0 Å². The minimum absolute atomic E-state index is 0.0405. The number of ether oxygens (including phenoxy) is 6. The summed E-state index contributed by atoms with van der Waals surface area (Å²) in [6.07, 6.45) is 4.18. The zero-order chi connectivity index (χ0) is 93.3. The van der Waals surface area contributed by atoms with E-state index in [0.717, 1.165) is 72.3 Å². The van der Waals surface area contributed by atoms with Crippen LogP contribution in [0.1, 0.15) is 135 Å². The van der Waals surface area contributed by atoms with E-state index in [1.54, 1.807) is 36.4 Å². The van der Waals surface area contributed by atoms with Gasteiger partial charge in [-0.2, -0.15) is 0 Å². The summed E-state index contributed by atoms with van der Waals surface area (Å²) >= 11 is 0. The number of nitrogens with one attached hydrogen (secondary N) is 6. The molecule has 25 heteroatoms. The van der Waals surface area contributed by atoms with Gasteiger partial charge >= 0.3 is 35.8 Å². The Labute approximate surface area is 778 Å². The Morgan fingerprint density at radius 3 is 0.716 bits per heavy atom. The van der Waals surface area contributed by atoms with Gasteiger partial charge in [-0.25, -0.2) is 4.98 Å². The Balaban J connectivity index is 0.734. The van der Waals surface area contributed by atoms with Crippen molar-refractivity contribution in [2.24, 2.45) is 0 Å². The summed E-state index contributed by atoms with van der Waals surface area (Å²) in [5.74, 6) is -3.43. The highest BCUT2D eigenvalue weighted by molar-refractivity contribution is 6.03. The van der Waals surface area contributed by atoms with Crippen LogP contribution in [-0.4, -0.2) is 165 Å². The lowest BCUT2D eigenvalue weighted by Crippen LogP contribution is -2.44. The van der Waals surface area contributed by atoms with Gasteiger partial charge < -0.3 is 59.3 Å². The van der Waals surface area contributed by atoms with Gasteiger partial charge in [-0.15, -0.1) is 0 Å². The SMILES string of the molecule is CC(CNC(=O)c1ccc(-c2c3nc(c4ccc([nH]4)c(-c4ccc(C(=O)NCC(C)N(CCC(=O)OCc5ccccc5)CCC(=O)OCc5ccccc5)cc4)c4ccc([nH]4)c(-c4ccc(C(=O)NCC(C)N(CCC(=O)OCc5ccccc5)CCC(=O)OCc5ccccc5)cc4)c4ccc2[nH]4)C=C3)cc1)N(CCC(=O)OCc1ccccc1)CCC(=O)OCc1ccccc1. The van der Waals surface area contributed by atoms with E-state index in [1.807, 2.05) is 302 Å². The molecule has 686 valence electrons. The Bertz CT molecular complexity index is 6120. The quantitative estimate of drug-likeness (QED) is 0.0153. The lowest BCUT2D eigenvalue weighted by atomic mass is 10.0. The average Bonchev–Trinajstić information content (AvgIpc) is 1.61. The molecule has 0 spiro atoms. The normalized spacial score (nSPS) is 12.1.